The second kappa shape index (κ2) is 9.43. The Morgan fingerprint density at radius 2 is 2.16 bits per heavy atom. The largest absolute Gasteiger partial charge is 0.394 e. The van der Waals surface area contributed by atoms with Crippen LogP contribution in [0.1, 0.15) is 65.7 Å². The van der Waals surface area contributed by atoms with Crippen LogP contribution in [0.3, 0.4) is 0 Å². The van der Waals surface area contributed by atoms with Crippen LogP contribution in [0.2, 0.25) is 0 Å². The molecule has 2 rings (SSSR count). The van der Waals surface area contributed by atoms with E-state index in [0.29, 0.717) is 5.92 Å². The molecule has 3 heteroatoms. The molecular formula is C22H37NOS. The maximum Gasteiger partial charge on any atom is 0.0611 e. The number of rotatable bonds is 7. The van der Waals surface area contributed by atoms with Crippen molar-refractivity contribution in [3.63, 3.8) is 0 Å². The molecule has 142 valence electrons. The number of allylic oxidation sites excluding steroid dienone is 5. The van der Waals surface area contributed by atoms with E-state index in [2.05, 4.69) is 51.3 Å². The van der Waals surface area contributed by atoms with Crippen molar-refractivity contribution in [1.29, 1.82) is 0 Å². The fourth-order valence-corrected chi connectivity index (χ4v) is 5.15. The fraction of sp³-hybridized carbons (Fsp3) is 0.727. The molecule has 0 radical (unpaired) electrons. The van der Waals surface area contributed by atoms with Crippen LogP contribution in [-0.4, -0.2) is 28.3 Å². The molecule has 0 saturated heterocycles. The molecule has 0 spiro atoms. The smallest absolute Gasteiger partial charge is 0.0611 e. The lowest BCUT2D eigenvalue weighted by Crippen LogP contribution is -2.40. The van der Waals surface area contributed by atoms with Gasteiger partial charge in [-0.2, -0.15) is 11.8 Å². The number of nitrogens with two attached hydrogens (primary N) is 1. The van der Waals surface area contributed by atoms with Crippen molar-refractivity contribution in [2.45, 2.75) is 76.5 Å². The predicted octanol–water partition coefficient (Wildman–Crippen LogP) is 5.24. The monoisotopic (exact) mass is 363 g/mol. The minimum atomic E-state index is -0.388. The lowest BCUT2D eigenvalue weighted by Gasteiger charge is -2.28. The van der Waals surface area contributed by atoms with Crippen LogP contribution in [0.25, 0.3) is 0 Å². The second-order valence-corrected chi connectivity index (χ2v) is 10.0. The van der Waals surface area contributed by atoms with Gasteiger partial charge in [-0.15, -0.1) is 0 Å². The van der Waals surface area contributed by atoms with Gasteiger partial charge in [0.25, 0.3) is 0 Å². The predicted molar refractivity (Wildman–Crippen MR) is 112 cm³/mol. The van der Waals surface area contributed by atoms with E-state index in [1.807, 2.05) is 0 Å². The highest BCUT2D eigenvalue weighted by Crippen LogP contribution is 2.40. The van der Waals surface area contributed by atoms with Gasteiger partial charge in [0.1, 0.15) is 0 Å². The van der Waals surface area contributed by atoms with Crippen molar-refractivity contribution in [2.75, 3.05) is 12.4 Å². The van der Waals surface area contributed by atoms with Crippen molar-refractivity contribution in [3.05, 3.63) is 35.5 Å². The third-order valence-corrected chi connectivity index (χ3v) is 7.05. The van der Waals surface area contributed by atoms with E-state index in [4.69, 9.17) is 5.73 Å². The van der Waals surface area contributed by atoms with Gasteiger partial charge in [-0.05, 0) is 85.9 Å². The van der Waals surface area contributed by atoms with E-state index < -0.39 is 0 Å². The van der Waals surface area contributed by atoms with E-state index in [1.54, 1.807) is 0 Å². The molecule has 0 aromatic rings. The molecule has 25 heavy (non-hydrogen) atoms. The molecule has 3 atom stereocenters. The van der Waals surface area contributed by atoms with Crippen molar-refractivity contribution in [2.24, 2.45) is 17.6 Å². The van der Waals surface area contributed by atoms with Crippen molar-refractivity contribution >= 4 is 11.8 Å². The third-order valence-electron chi connectivity index (χ3n) is 5.91. The maximum atomic E-state index is 9.48. The summed E-state index contributed by atoms with van der Waals surface area (Å²) in [5, 5.41) is 10.2. The molecule has 3 N–H and O–H groups in total. The second-order valence-electron chi connectivity index (χ2n) is 8.34. The molecule has 0 aromatic heterocycles. The highest BCUT2D eigenvalue weighted by Gasteiger charge is 2.36. The molecule has 0 heterocycles. The molecular weight excluding hydrogens is 326 g/mol. The number of thioether (sulfide) groups is 1. The number of aliphatic hydroxyl groups excluding tert-OH is 1. The minimum Gasteiger partial charge on any atom is -0.394 e. The first-order valence-electron chi connectivity index (χ1n) is 9.93. The molecule has 0 aromatic carbocycles. The Bertz CT molecular complexity index is 522. The molecule has 0 aliphatic heterocycles. The third kappa shape index (κ3) is 6.01. The van der Waals surface area contributed by atoms with Gasteiger partial charge < -0.3 is 10.8 Å². The topological polar surface area (TPSA) is 46.2 Å². The zero-order valence-corrected chi connectivity index (χ0v) is 17.2. The van der Waals surface area contributed by atoms with Crippen molar-refractivity contribution in [3.8, 4) is 0 Å². The summed E-state index contributed by atoms with van der Waals surface area (Å²) in [4.78, 5) is 0. The summed E-state index contributed by atoms with van der Waals surface area (Å²) >= 11 is 2.08. The van der Waals surface area contributed by atoms with Gasteiger partial charge in [0.05, 0.1) is 6.61 Å². The van der Waals surface area contributed by atoms with Gasteiger partial charge in [-0.25, -0.2) is 0 Å². The zero-order chi connectivity index (χ0) is 18.4. The summed E-state index contributed by atoms with van der Waals surface area (Å²) in [6.07, 6.45) is 12.5. The van der Waals surface area contributed by atoms with Gasteiger partial charge in [-0.3, -0.25) is 0 Å². The Morgan fingerprint density at radius 3 is 2.76 bits per heavy atom. The van der Waals surface area contributed by atoms with Crippen molar-refractivity contribution in [1.82, 2.24) is 0 Å². The highest BCUT2D eigenvalue weighted by atomic mass is 32.2. The average Bonchev–Trinajstić information content (AvgIpc) is 2.99. The summed E-state index contributed by atoms with van der Waals surface area (Å²) in [6, 6.07) is 0. The van der Waals surface area contributed by atoms with Crippen LogP contribution < -0.4 is 5.73 Å². The molecule has 2 saturated carbocycles. The van der Waals surface area contributed by atoms with Gasteiger partial charge in [-0.1, -0.05) is 38.2 Å². The van der Waals surface area contributed by atoms with Crippen LogP contribution in [0, 0.1) is 11.8 Å². The highest BCUT2D eigenvalue weighted by molar-refractivity contribution is 7.99. The summed E-state index contributed by atoms with van der Waals surface area (Å²) in [5.74, 6) is 2.55. The minimum absolute atomic E-state index is 0.0868. The van der Waals surface area contributed by atoms with Gasteiger partial charge in [0.15, 0.2) is 0 Å². The lowest BCUT2D eigenvalue weighted by molar-refractivity contribution is 0.197. The van der Waals surface area contributed by atoms with Crippen LogP contribution in [-0.2, 0) is 0 Å². The van der Waals surface area contributed by atoms with Crippen molar-refractivity contribution < 1.29 is 5.11 Å². The molecule has 2 aliphatic carbocycles. The summed E-state index contributed by atoms with van der Waals surface area (Å²) in [7, 11) is 0. The lowest BCUT2D eigenvalue weighted by atomic mass is 9.79. The Hall–Kier alpha value is -0.510. The zero-order valence-electron chi connectivity index (χ0n) is 16.4. The first-order valence-corrected chi connectivity index (χ1v) is 11.0. The first kappa shape index (κ1) is 20.8. The molecule has 2 nitrogen and oxygen atoms in total. The molecule has 0 unspecified atom stereocenters. The van der Waals surface area contributed by atoms with E-state index >= 15 is 0 Å². The van der Waals surface area contributed by atoms with Gasteiger partial charge in [0.2, 0.25) is 0 Å². The summed E-state index contributed by atoms with van der Waals surface area (Å²) in [6.45, 7) is 11.2. The molecule has 0 bridgehead atoms. The molecule has 0 amide bonds. The van der Waals surface area contributed by atoms with E-state index in [1.165, 1.54) is 48.2 Å². The molecule has 2 fully saturated rings. The summed E-state index contributed by atoms with van der Waals surface area (Å²) in [5.41, 5.74) is 10.1. The van der Waals surface area contributed by atoms with E-state index in [-0.39, 0.29) is 12.1 Å². The summed E-state index contributed by atoms with van der Waals surface area (Å²) < 4.78 is 0. The quantitative estimate of drug-likeness (QED) is 0.650. The standard InChI is InChI=1S/C22H37NOS/c1-5-19-13-18(9-11-25-16(2)3)6-7-20(19)12-17(4)21-8-10-22(23,14-21)15-24/h5,12,16,18,21,24H,4,6-11,13-15,23H2,1-3H3/b19-5-,20-12-/t18-,21-,22+/m0/s1. The number of hydrogen-bond acceptors (Lipinski definition) is 3. The number of aliphatic hydroxyl groups is 1. The first-order chi connectivity index (χ1) is 11.9. The Morgan fingerprint density at radius 1 is 1.40 bits per heavy atom. The normalized spacial score (nSPS) is 33.5. The Balaban J connectivity index is 1.92. The maximum absolute atomic E-state index is 9.48. The average molecular weight is 364 g/mol. The van der Waals surface area contributed by atoms with Gasteiger partial charge >= 0.3 is 0 Å². The van der Waals surface area contributed by atoms with Crippen LogP contribution in [0.15, 0.2) is 35.5 Å². The Labute approximate surface area is 159 Å². The van der Waals surface area contributed by atoms with Gasteiger partial charge in [0, 0.05) is 5.54 Å². The molecule has 2 aliphatic rings. The van der Waals surface area contributed by atoms with Crippen LogP contribution >= 0.6 is 11.8 Å². The van der Waals surface area contributed by atoms with E-state index in [9.17, 15) is 5.11 Å². The van der Waals surface area contributed by atoms with Crippen LogP contribution in [0.4, 0.5) is 0 Å². The number of hydrogen-bond donors (Lipinski definition) is 2. The SMILES string of the molecule is C=C(/C=C1/CC[C@@H](CCSC(C)C)C/C1=C/C)[C@H]1CC[C@](N)(CO)C1. The van der Waals surface area contributed by atoms with Crippen LogP contribution in [0.5, 0.6) is 0 Å². The fourth-order valence-electron chi connectivity index (χ4n) is 4.21. The Kier molecular flexibility index (Phi) is 7.85. The van der Waals surface area contributed by atoms with E-state index in [0.717, 1.165) is 30.4 Å².